The van der Waals surface area contributed by atoms with Crippen LogP contribution in [0, 0.1) is 11.3 Å². The lowest BCUT2D eigenvalue weighted by Gasteiger charge is -2.04. The van der Waals surface area contributed by atoms with Gasteiger partial charge in [-0.1, -0.05) is 6.07 Å². The number of fused-ring (bicyclic) bond motifs is 1. The SMILES string of the molecule is N#CC(C(=O)c1cccs1)c1nc2cc(C(F)(F)F)ccc2s1. The number of nitriles is 1. The summed E-state index contributed by atoms with van der Waals surface area (Å²) in [4.78, 5) is 16.8. The molecule has 1 atom stereocenters. The molecule has 0 aliphatic carbocycles. The van der Waals surface area contributed by atoms with E-state index in [1.807, 2.05) is 6.07 Å². The maximum Gasteiger partial charge on any atom is 0.416 e. The molecule has 0 N–H and O–H groups in total. The maximum atomic E-state index is 12.7. The summed E-state index contributed by atoms with van der Waals surface area (Å²) in [5, 5.41) is 11.2. The zero-order chi connectivity index (χ0) is 16.6. The first-order valence-corrected chi connectivity index (χ1v) is 8.05. The number of carbonyl (C=O) groups is 1. The van der Waals surface area contributed by atoms with Crippen LogP contribution in [0.5, 0.6) is 0 Å². The molecule has 1 aromatic carbocycles. The van der Waals surface area contributed by atoms with E-state index < -0.39 is 23.4 Å². The van der Waals surface area contributed by atoms with Crippen molar-refractivity contribution in [2.75, 3.05) is 0 Å². The van der Waals surface area contributed by atoms with Crippen LogP contribution in [-0.2, 0) is 6.18 Å². The summed E-state index contributed by atoms with van der Waals surface area (Å²) in [5.74, 6) is -1.50. The van der Waals surface area contributed by atoms with E-state index in [2.05, 4.69) is 4.98 Å². The van der Waals surface area contributed by atoms with Crippen molar-refractivity contribution in [3.8, 4) is 6.07 Å². The first-order chi connectivity index (χ1) is 10.9. The third kappa shape index (κ3) is 2.98. The zero-order valence-corrected chi connectivity index (χ0v) is 12.9. The third-order valence-corrected chi connectivity index (χ3v) is 5.12. The third-order valence-electron chi connectivity index (χ3n) is 3.13. The van der Waals surface area contributed by atoms with Crippen LogP contribution in [-0.4, -0.2) is 10.8 Å². The summed E-state index contributed by atoms with van der Waals surface area (Å²) < 4.78 is 38.7. The number of alkyl halides is 3. The molecule has 116 valence electrons. The number of halogens is 3. The molecule has 0 saturated heterocycles. The van der Waals surface area contributed by atoms with Crippen LogP contribution < -0.4 is 0 Å². The second-order valence-electron chi connectivity index (χ2n) is 4.64. The molecule has 0 bridgehead atoms. The van der Waals surface area contributed by atoms with Gasteiger partial charge in [-0.25, -0.2) is 4.98 Å². The Morgan fingerprint density at radius 3 is 2.70 bits per heavy atom. The molecular weight excluding hydrogens is 345 g/mol. The summed E-state index contributed by atoms with van der Waals surface area (Å²) in [6.45, 7) is 0. The van der Waals surface area contributed by atoms with E-state index in [9.17, 15) is 23.2 Å². The van der Waals surface area contributed by atoms with Crippen molar-refractivity contribution in [2.24, 2.45) is 0 Å². The Bertz CT molecular complexity index is 907. The van der Waals surface area contributed by atoms with Crippen LogP contribution in [0.4, 0.5) is 13.2 Å². The van der Waals surface area contributed by atoms with Crippen molar-refractivity contribution < 1.29 is 18.0 Å². The number of aromatic nitrogens is 1. The number of rotatable bonds is 3. The standard InChI is InChI=1S/C15H7F3N2OS2/c16-15(17,18)8-3-4-11-10(6-8)20-14(23-11)9(7-19)13(21)12-2-1-5-22-12/h1-6,9H. The lowest BCUT2D eigenvalue weighted by Crippen LogP contribution is -2.09. The number of carbonyl (C=O) groups excluding carboxylic acids is 1. The molecule has 2 aromatic heterocycles. The summed E-state index contributed by atoms with van der Waals surface area (Å²) in [6, 6.07) is 8.40. The normalized spacial score (nSPS) is 13.0. The zero-order valence-electron chi connectivity index (χ0n) is 11.3. The topological polar surface area (TPSA) is 53.8 Å². The smallest absolute Gasteiger partial charge is 0.291 e. The molecule has 0 aliphatic heterocycles. The highest BCUT2D eigenvalue weighted by Gasteiger charge is 2.31. The van der Waals surface area contributed by atoms with Gasteiger partial charge in [0.2, 0.25) is 0 Å². The first kappa shape index (κ1) is 15.6. The largest absolute Gasteiger partial charge is 0.416 e. The lowest BCUT2D eigenvalue weighted by atomic mass is 10.1. The van der Waals surface area contributed by atoms with Crippen LogP contribution in [0.25, 0.3) is 10.2 Å². The van der Waals surface area contributed by atoms with Crippen molar-refractivity contribution in [3.05, 3.63) is 51.2 Å². The van der Waals surface area contributed by atoms with Gasteiger partial charge in [-0.15, -0.1) is 22.7 Å². The van der Waals surface area contributed by atoms with Crippen molar-refractivity contribution >= 4 is 38.7 Å². The number of nitrogens with zero attached hydrogens (tertiary/aromatic N) is 2. The van der Waals surface area contributed by atoms with E-state index in [4.69, 9.17) is 0 Å². The van der Waals surface area contributed by atoms with Crippen LogP contribution in [0.1, 0.15) is 26.2 Å². The Balaban J connectivity index is 2.02. The van der Waals surface area contributed by atoms with E-state index in [1.165, 1.54) is 17.4 Å². The van der Waals surface area contributed by atoms with E-state index in [1.54, 1.807) is 17.5 Å². The van der Waals surface area contributed by atoms with Gasteiger partial charge in [0.1, 0.15) is 5.01 Å². The Morgan fingerprint density at radius 1 is 1.30 bits per heavy atom. The van der Waals surface area contributed by atoms with Gasteiger partial charge in [-0.2, -0.15) is 18.4 Å². The predicted octanol–water partition coefficient (Wildman–Crippen LogP) is 4.87. The molecule has 0 aliphatic rings. The number of hydrogen-bond donors (Lipinski definition) is 0. The second kappa shape index (κ2) is 5.76. The monoisotopic (exact) mass is 352 g/mol. The van der Waals surface area contributed by atoms with Gasteiger partial charge < -0.3 is 0 Å². The van der Waals surface area contributed by atoms with Crippen LogP contribution in [0.3, 0.4) is 0 Å². The predicted molar refractivity (Wildman–Crippen MR) is 81.6 cm³/mol. The lowest BCUT2D eigenvalue weighted by molar-refractivity contribution is -0.137. The molecule has 3 aromatic rings. The van der Waals surface area contributed by atoms with Crippen molar-refractivity contribution in [1.29, 1.82) is 5.26 Å². The number of hydrogen-bond acceptors (Lipinski definition) is 5. The number of thiazole rings is 1. The Kier molecular flexibility index (Phi) is 3.92. The highest BCUT2D eigenvalue weighted by atomic mass is 32.1. The van der Waals surface area contributed by atoms with Gasteiger partial charge in [0.15, 0.2) is 11.7 Å². The number of ketones is 1. The molecule has 2 heterocycles. The molecule has 0 spiro atoms. The number of Topliss-reactive ketones (excluding diaryl/α,β-unsaturated/α-hetero) is 1. The van der Waals surface area contributed by atoms with Gasteiger partial charge >= 0.3 is 6.18 Å². The molecule has 3 nitrogen and oxygen atoms in total. The molecule has 8 heteroatoms. The average Bonchev–Trinajstić information content (AvgIpc) is 3.15. The summed E-state index contributed by atoms with van der Waals surface area (Å²) >= 11 is 2.27. The molecule has 0 radical (unpaired) electrons. The molecule has 0 saturated carbocycles. The second-order valence-corrected chi connectivity index (χ2v) is 6.65. The fourth-order valence-corrected chi connectivity index (χ4v) is 3.72. The molecule has 0 amide bonds. The average molecular weight is 352 g/mol. The van der Waals surface area contributed by atoms with Crippen LogP contribution in [0.2, 0.25) is 0 Å². The van der Waals surface area contributed by atoms with Crippen LogP contribution in [0.15, 0.2) is 35.7 Å². The molecule has 23 heavy (non-hydrogen) atoms. The maximum absolute atomic E-state index is 12.7. The van der Waals surface area contributed by atoms with Gasteiger partial charge in [-0.3, -0.25) is 4.79 Å². The van der Waals surface area contributed by atoms with E-state index in [-0.39, 0.29) is 10.5 Å². The summed E-state index contributed by atoms with van der Waals surface area (Å²) in [7, 11) is 0. The molecule has 0 fully saturated rings. The van der Waals surface area contributed by atoms with E-state index >= 15 is 0 Å². The molecule has 1 unspecified atom stereocenters. The van der Waals surface area contributed by atoms with Crippen LogP contribution >= 0.6 is 22.7 Å². The minimum absolute atomic E-state index is 0.138. The molecule has 3 rings (SSSR count). The fourth-order valence-electron chi connectivity index (χ4n) is 2.03. The minimum atomic E-state index is -4.46. The summed E-state index contributed by atoms with van der Waals surface area (Å²) in [5.41, 5.74) is -0.668. The Hall–Kier alpha value is -2.24. The number of benzene rings is 1. The van der Waals surface area contributed by atoms with Gasteiger partial charge in [-0.05, 0) is 29.6 Å². The fraction of sp³-hybridized carbons (Fsp3) is 0.133. The van der Waals surface area contributed by atoms with Gasteiger partial charge in [0, 0.05) is 0 Å². The van der Waals surface area contributed by atoms with Gasteiger partial charge in [0.25, 0.3) is 0 Å². The van der Waals surface area contributed by atoms with E-state index in [0.29, 0.717) is 9.58 Å². The number of thiophene rings is 1. The van der Waals surface area contributed by atoms with E-state index in [0.717, 1.165) is 23.5 Å². The van der Waals surface area contributed by atoms with Crippen molar-refractivity contribution in [1.82, 2.24) is 4.98 Å². The highest BCUT2D eigenvalue weighted by Crippen LogP contribution is 2.35. The van der Waals surface area contributed by atoms with Gasteiger partial charge in [0.05, 0.1) is 26.7 Å². The van der Waals surface area contributed by atoms with Crippen molar-refractivity contribution in [2.45, 2.75) is 12.1 Å². The Morgan fingerprint density at radius 2 is 2.09 bits per heavy atom. The molecular formula is C15H7F3N2OS2. The Labute approximate surface area is 136 Å². The summed E-state index contributed by atoms with van der Waals surface area (Å²) in [6.07, 6.45) is -4.46. The van der Waals surface area contributed by atoms with Crippen molar-refractivity contribution in [3.63, 3.8) is 0 Å². The quantitative estimate of drug-likeness (QED) is 0.632. The first-order valence-electron chi connectivity index (χ1n) is 6.35. The minimum Gasteiger partial charge on any atom is -0.291 e. The highest BCUT2D eigenvalue weighted by molar-refractivity contribution is 7.19.